The molecule has 2 amide bonds. The number of sulfonamides is 1. The fourth-order valence-corrected chi connectivity index (χ4v) is 5.48. The molecule has 0 aromatic heterocycles. The van der Waals surface area contributed by atoms with Gasteiger partial charge in [0.2, 0.25) is 21.8 Å². The lowest BCUT2D eigenvalue weighted by atomic mass is 10.0. The van der Waals surface area contributed by atoms with E-state index in [1.165, 1.54) is 4.90 Å². The third-order valence-electron chi connectivity index (χ3n) is 6.73. The summed E-state index contributed by atoms with van der Waals surface area (Å²) in [5, 5.41) is 2.88. The Morgan fingerprint density at radius 3 is 2.13 bits per heavy atom. The van der Waals surface area contributed by atoms with E-state index in [4.69, 9.17) is 0 Å². The molecule has 0 radical (unpaired) electrons. The molecule has 0 bridgehead atoms. The Kier molecular flexibility index (Phi) is 10.3. The number of hydrogen-bond donors (Lipinski definition) is 1. The van der Waals surface area contributed by atoms with Crippen molar-refractivity contribution >= 4 is 27.5 Å². The minimum Gasteiger partial charge on any atom is -0.355 e. The molecule has 1 atom stereocenters. The van der Waals surface area contributed by atoms with E-state index in [1.54, 1.807) is 12.1 Å². The van der Waals surface area contributed by atoms with Gasteiger partial charge in [-0.2, -0.15) is 0 Å². The lowest BCUT2D eigenvalue weighted by Crippen LogP contribution is -2.53. The second-order valence-corrected chi connectivity index (χ2v) is 11.9. The molecule has 0 unspecified atom stereocenters. The molecule has 208 valence electrons. The average molecular weight is 550 g/mol. The van der Waals surface area contributed by atoms with Crippen LogP contribution in [0.15, 0.2) is 78.9 Å². The first-order chi connectivity index (χ1) is 18.5. The van der Waals surface area contributed by atoms with Crippen LogP contribution in [0.1, 0.15) is 48.9 Å². The van der Waals surface area contributed by atoms with Gasteiger partial charge in [0.05, 0.1) is 11.9 Å². The highest BCUT2D eigenvalue weighted by atomic mass is 32.2. The minimum atomic E-state index is -3.81. The Bertz CT molecular complexity index is 1370. The molecule has 0 heterocycles. The summed E-state index contributed by atoms with van der Waals surface area (Å²) in [5.74, 6) is -0.684. The van der Waals surface area contributed by atoms with Gasteiger partial charge in [-0.1, -0.05) is 86.6 Å². The molecule has 7 nitrogen and oxygen atoms in total. The van der Waals surface area contributed by atoms with Gasteiger partial charge < -0.3 is 10.2 Å². The Balaban J connectivity index is 2.09. The maximum absolute atomic E-state index is 14.2. The second kappa shape index (κ2) is 13.4. The molecular weight excluding hydrogens is 510 g/mol. The second-order valence-electron chi connectivity index (χ2n) is 10.0. The number of carbonyl (C=O) groups excluding carboxylic acids is 2. The molecule has 0 spiro atoms. The van der Waals surface area contributed by atoms with Crippen molar-refractivity contribution in [1.82, 2.24) is 10.2 Å². The maximum atomic E-state index is 14.2. The van der Waals surface area contributed by atoms with Gasteiger partial charge in [0, 0.05) is 19.5 Å². The summed E-state index contributed by atoms with van der Waals surface area (Å²) in [6, 6.07) is 23.6. The van der Waals surface area contributed by atoms with Crippen LogP contribution in [0.2, 0.25) is 0 Å². The summed E-state index contributed by atoms with van der Waals surface area (Å²) >= 11 is 0. The first-order valence-electron chi connectivity index (χ1n) is 13.2. The zero-order chi connectivity index (χ0) is 28.6. The Labute approximate surface area is 232 Å². The third kappa shape index (κ3) is 7.93. The number of carbonyl (C=O) groups is 2. The van der Waals surface area contributed by atoms with Gasteiger partial charge >= 0.3 is 0 Å². The molecule has 39 heavy (non-hydrogen) atoms. The highest BCUT2D eigenvalue weighted by molar-refractivity contribution is 7.92. The standard InChI is InChI=1S/C31H39N3O4S/c1-6-32-31(36)29(20-25-15-8-7-9-16-25)33(21-26-17-11-10-14-24(26)4)30(35)22-34(39(5,37)38)28-19-13-12-18-27(28)23(2)3/h7-19,23,29H,6,20-22H2,1-5H3,(H,32,36)/t29-/m0/s1. The largest absolute Gasteiger partial charge is 0.355 e. The number of anilines is 1. The topological polar surface area (TPSA) is 86.8 Å². The molecular formula is C31H39N3O4S. The van der Waals surface area contributed by atoms with Crippen molar-refractivity contribution in [2.24, 2.45) is 0 Å². The Morgan fingerprint density at radius 2 is 1.51 bits per heavy atom. The third-order valence-corrected chi connectivity index (χ3v) is 7.86. The quantitative estimate of drug-likeness (QED) is 0.356. The summed E-state index contributed by atoms with van der Waals surface area (Å²) < 4.78 is 27.3. The van der Waals surface area contributed by atoms with Crippen LogP contribution < -0.4 is 9.62 Å². The van der Waals surface area contributed by atoms with Crippen molar-refractivity contribution < 1.29 is 18.0 Å². The van der Waals surface area contributed by atoms with E-state index < -0.39 is 28.5 Å². The van der Waals surface area contributed by atoms with Gasteiger partial charge in [0.15, 0.2) is 0 Å². The molecule has 0 saturated heterocycles. The molecule has 0 aliphatic carbocycles. The molecule has 0 fully saturated rings. The lowest BCUT2D eigenvalue weighted by molar-refractivity contribution is -0.140. The number of benzene rings is 3. The summed E-state index contributed by atoms with van der Waals surface area (Å²) in [6.07, 6.45) is 1.40. The number of nitrogens with zero attached hydrogens (tertiary/aromatic N) is 2. The van der Waals surface area contributed by atoms with Gasteiger partial charge in [-0.3, -0.25) is 13.9 Å². The molecule has 3 rings (SSSR count). The minimum absolute atomic E-state index is 0.0461. The van der Waals surface area contributed by atoms with Crippen molar-refractivity contribution in [1.29, 1.82) is 0 Å². The lowest BCUT2D eigenvalue weighted by Gasteiger charge is -2.34. The van der Waals surface area contributed by atoms with Crippen LogP contribution in [0.4, 0.5) is 5.69 Å². The van der Waals surface area contributed by atoms with E-state index in [1.807, 2.05) is 94.4 Å². The van der Waals surface area contributed by atoms with Gasteiger partial charge in [0.25, 0.3) is 0 Å². The van der Waals surface area contributed by atoms with Gasteiger partial charge in [0.1, 0.15) is 12.6 Å². The molecule has 3 aromatic rings. The Hall–Kier alpha value is -3.65. The zero-order valence-electron chi connectivity index (χ0n) is 23.4. The maximum Gasteiger partial charge on any atom is 0.244 e. The van der Waals surface area contributed by atoms with Crippen molar-refractivity contribution in [2.75, 3.05) is 23.7 Å². The summed E-state index contributed by atoms with van der Waals surface area (Å²) in [6.45, 7) is 7.92. The van der Waals surface area contributed by atoms with Gasteiger partial charge in [-0.05, 0) is 48.1 Å². The van der Waals surface area contributed by atoms with Crippen molar-refractivity contribution in [3.63, 3.8) is 0 Å². The molecule has 0 saturated carbocycles. The highest BCUT2D eigenvalue weighted by Crippen LogP contribution is 2.29. The molecule has 3 aromatic carbocycles. The van der Waals surface area contributed by atoms with E-state index in [0.29, 0.717) is 18.7 Å². The normalized spacial score (nSPS) is 12.2. The van der Waals surface area contributed by atoms with Crippen molar-refractivity contribution in [3.05, 3.63) is 101 Å². The van der Waals surface area contributed by atoms with Crippen LogP contribution in [-0.2, 0) is 32.6 Å². The first-order valence-corrected chi connectivity index (χ1v) is 15.1. The summed E-state index contributed by atoms with van der Waals surface area (Å²) in [5.41, 5.74) is 4.07. The number of nitrogens with one attached hydrogen (secondary N) is 1. The van der Waals surface area contributed by atoms with E-state index in [2.05, 4.69) is 5.32 Å². The first kappa shape index (κ1) is 29.9. The molecule has 0 aliphatic heterocycles. The smallest absolute Gasteiger partial charge is 0.244 e. The SMILES string of the molecule is CCNC(=O)[C@H](Cc1ccccc1)N(Cc1ccccc1C)C(=O)CN(c1ccccc1C(C)C)S(C)(=O)=O. The van der Waals surface area contributed by atoms with E-state index in [9.17, 15) is 18.0 Å². The fraction of sp³-hybridized carbons (Fsp3) is 0.355. The Morgan fingerprint density at radius 1 is 0.897 bits per heavy atom. The number of aryl methyl sites for hydroxylation is 1. The number of para-hydroxylation sites is 1. The van der Waals surface area contributed by atoms with Crippen LogP contribution in [-0.4, -0.2) is 50.5 Å². The average Bonchev–Trinajstić information content (AvgIpc) is 2.90. The molecule has 0 aliphatic rings. The van der Waals surface area contributed by atoms with Crippen molar-refractivity contribution in [3.8, 4) is 0 Å². The van der Waals surface area contributed by atoms with Crippen molar-refractivity contribution in [2.45, 2.75) is 52.6 Å². The van der Waals surface area contributed by atoms with E-state index in [-0.39, 0.29) is 18.4 Å². The predicted octanol–water partition coefficient (Wildman–Crippen LogP) is 4.66. The summed E-state index contributed by atoms with van der Waals surface area (Å²) in [4.78, 5) is 29.1. The number of likely N-dealkylation sites (N-methyl/N-ethyl adjacent to an activating group) is 1. The van der Waals surface area contributed by atoms with Crippen LogP contribution in [0.5, 0.6) is 0 Å². The van der Waals surface area contributed by atoms with Gasteiger partial charge in [-0.15, -0.1) is 0 Å². The highest BCUT2D eigenvalue weighted by Gasteiger charge is 2.33. The fourth-order valence-electron chi connectivity index (χ4n) is 4.61. The summed E-state index contributed by atoms with van der Waals surface area (Å²) in [7, 11) is -3.81. The van der Waals surface area contributed by atoms with Crippen LogP contribution in [0, 0.1) is 6.92 Å². The van der Waals surface area contributed by atoms with Crippen LogP contribution >= 0.6 is 0 Å². The zero-order valence-corrected chi connectivity index (χ0v) is 24.2. The number of hydrogen-bond acceptors (Lipinski definition) is 4. The molecule has 1 N–H and O–H groups in total. The predicted molar refractivity (Wildman–Crippen MR) is 157 cm³/mol. The van der Waals surface area contributed by atoms with Gasteiger partial charge in [-0.25, -0.2) is 8.42 Å². The number of amides is 2. The van der Waals surface area contributed by atoms with Crippen LogP contribution in [0.25, 0.3) is 0 Å². The monoisotopic (exact) mass is 549 g/mol. The number of rotatable bonds is 12. The van der Waals surface area contributed by atoms with E-state index >= 15 is 0 Å². The van der Waals surface area contributed by atoms with E-state index in [0.717, 1.165) is 32.8 Å². The molecule has 8 heteroatoms. The van der Waals surface area contributed by atoms with Crippen LogP contribution in [0.3, 0.4) is 0 Å².